The minimum absolute atomic E-state index is 0.426. The molecule has 1 saturated heterocycles. The SMILES string of the molecule is CC1(C)CNCCC1NCC1CC2CCC1C2. The third kappa shape index (κ3) is 2.39. The van der Waals surface area contributed by atoms with E-state index < -0.39 is 0 Å². The molecule has 3 aliphatic rings. The predicted molar refractivity (Wildman–Crippen MR) is 72.0 cm³/mol. The molecular weight excluding hydrogens is 208 g/mol. The van der Waals surface area contributed by atoms with E-state index in [0.717, 1.165) is 23.8 Å². The molecule has 4 unspecified atom stereocenters. The van der Waals surface area contributed by atoms with Gasteiger partial charge >= 0.3 is 0 Å². The molecule has 1 aliphatic heterocycles. The summed E-state index contributed by atoms with van der Waals surface area (Å²) in [4.78, 5) is 0. The summed E-state index contributed by atoms with van der Waals surface area (Å²) in [6.07, 6.45) is 7.41. The van der Waals surface area contributed by atoms with Crippen LogP contribution in [0.4, 0.5) is 0 Å². The molecule has 2 heteroatoms. The molecule has 2 bridgehead atoms. The van der Waals surface area contributed by atoms with Gasteiger partial charge in [-0.2, -0.15) is 0 Å². The van der Waals surface area contributed by atoms with Gasteiger partial charge in [-0.25, -0.2) is 0 Å². The quantitative estimate of drug-likeness (QED) is 0.786. The lowest BCUT2D eigenvalue weighted by Crippen LogP contribution is -2.53. The van der Waals surface area contributed by atoms with Gasteiger partial charge in [0, 0.05) is 12.6 Å². The molecule has 0 radical (unpaired) electrons. The average molecular weight is 236 g/mol. The van der Waals surface area contributed by atoms with Crippen LogP contribution in [0.3, 0.4) is 0 Å². The maximum atomic E-state index is 3.90. The van der Waals surface area contributed by atoms with Crippen LogP contribution in [0.1, 0.15) is 46.0 Å². The highest BCUT2D eigenvalue weighted by Gasteiger charge is 2.40. The van der Waals surface area contributed by atoms with Crippen molar-refractivity contribution in [1.82, 2.24) is 10.6 Å². The highest BCUT2D eigenvalue weighted by molar-refractivity contribution is 4.94. The van der Waals surface area contributed by atoms with Gasteiger partial charge in [-0.1, -0.05) is 20.3 Å². The molecule has 0 spiro atoms. The Bertz CT molecular complexity index is 274. The first-order valence-corrected chi connectivity index (χ1v) is 7.59. The van der Waals surface area contributed by atoms with E-state index in [1.807, 2.05) is 0 Å². The highest BCUT2D eigenvalue weighted by atomic mass is 15.0. The Hall–Kier alpha value is -0.0800. The third-order valence-corrected chi connectivity index (χ3v) is 5.64. The van der Waals surface area contributed by atoms with Crippen LogP contribution in [-0.2, 0) is 0 Å². The summed E-state index contributed by atoms with van der Waals surface area (Å²) in [5.41, 5.74) is 0.426. The van der Waals surface area contributed by atoms with Crippen LogP contribution in [0.25, 0.3) is 0 Å². The largest absolute Gasteiger partial charge is 0.316 e. The first-order chi connectivity index (χ1) is 8.15. The number of fused-ring (bicyclic) bond motifs is 2. The summed E-state index contributed by atoms with van der Waals surface area (Å²) in [6.45, 7) is 8.45. The summed E-state index contributed by atoms with van der Waals surface area (Å²) in [5.74, 6) is 3.16. The Labute approximate surface area is 106 Å². The average Bonchev–Trinajstić information content (AvgIpc) is 2.88. The molecule has 0 amide bonds. The van der Waals surface area contributed by atoms with E-state index in [0.29, 0.717) is 5.41 Å². The summed E-state index contributed by atoms with van der Waals surface area (Å²) >= 11 is 0. The van der Waals surface area contributed by atoms with Crippen molar-refractivity contribution in [3.63, 3.8) is 0 Å². The minimum atomic E-state index is 0.426. The minimum Gasteiger partial charge on any atom is -0.316 e. The zero-order valence-electron chi connectivity index (χ0n) is 11.5. The second-order valence-corrected chi connectivity index (χ2v) is 7.35. The smallest absolute Gasteiger partial charge is 0.0142 e. The van der Waals surface area contributed by atoms with Crippen LogP contribution in [-0.4, -0.2) is 25.7 Å². The van der Waals surface area contributed by atoms with Crippen LogP contribution in [0.5, 0.6) is 0 Å². The molecule has 3 rings (SSSR count). The molecule has 2 aliphatic carbocycles. The fraction of sp³-hybridized carbons (Fsp3) is 1.00. The molecule has 1 heterocycles. The second-order valence-electron chi connectivity index (χ2n) is 7.35. The van der Waals surface area contributed by atoms with Crippen molar-refractivity contribution in [2.24, 2.45) is 23.2 Å². The van der Waals surface area contributed by atoms with Crippen molar-refractivity contribution in [1.29, 1.82) is 0 Å². The lowest BCUT2D eigenvalue weighted by atomic mass is 9.79. The Morgan fingerprint density at radius 3 is 2.71 bits per heavy atom. The zero-order chi connectivity index (χ0) is 11.9. The number of hydrogen-bond donors (Lipinski definition) is 2. The van der Waals surface area contributed by atoms with Crippen molar-refractivity contribution in [3.05, 3.63) is 0 Å². The van der Waals surface area contributed by atoms with Crippen molar-refractivity contribution in [2.75, 3.05) is 19.6 Å². The first kappa shape index (κ1) is 12.0. The Balaban J connectivity index is 1.50. The van der Waals surface area contributed by atoms with Gasteiger partial charge in [-0.15, -0.1) is 0 Å². The fourth-order valence-electron chi connectivity index (χ4n) is 4.47. The van der Waals surface area contributed by atoms with Crippen LogP contribution < -0.4 is 10.6 Å². The van der Waals surface area contributed by atoms with E-state index in [1.165, 1.54) is 45.3 Å². The van der Waals surface area contributed by atoms with Gasteiger partial charge in [0.1, 0.15) is 0 Å². The molecule has 2 nitrogen and oxygen atoms in total. The summed E-state index contributed by atoms with van der Waals surface area (Å²) in [6, 6.07) is 0.725. The Morgan fingerprint density at radius 2 is 2.06 bits per heavy atom. The van der Waals surface area contributed by atoms with Gasteiger partial charge in [-0.05, 0) is 61.9 Å². The molecule has 2 N–H and O–H groups in total. The molecule has 3 fully saturated rings. The monoisotopic (exact) mass is 236 g/mol. The van der Waals surface area contributed by atoms with Gasteiger partial charge in [0.05, 0.1) is 0 Å². The van der Waals surface area contributed by atoms with E-state index in [4.69, 9.17) is 0 Å². The third-order valence-electron chi connectivity index (χ3n) is 5.64. The molecule has 0 aromatic rings. The van der Waals surface area contributed by atoms with E-state index in [1.54, 1.807) is 6.42 Å². The van der Waals surface area contributed by atoms with E-state index in [2.05, 4.69) is 24.5 Å². The summed E-state index contributed by atoms with van der Waals surface area (Å²) in [5, 5.41) is 7.42. The molecular formula is C15H28N2. The van der Waals surface area contributed by atoms with Crippen LogP contribution >= 0.6 is 0 Å². The van der Waals surface area contributed by atoms with Crippen molar-refractivity contribution >= 4 is 0 Å². The van der Waals surface area contributed by atoms with Gasteiger partial charge in [0.15, 0.2) is 0 Å². The van der Waals surface area contributed by atoms with Gasteiger partial charge in [0.25, 0.3) is 0 Å². The topological polar surface area (TPSA) is 24.1 Å². The molecule has 4 atom stereocenters. The van der Waals surface area contributed by atoms with Gasteiger partial charge in [-0.3, -0.25) is 0 Å². The number of rotatable bonds is 3. The molecule has 0 aromatic heterocycles. The van der Waals surface area contributed by atoms with E-state index in [-0.39, 0.29) is 0 Å². The lowest BCUT2D eigenvalue weighted by Gasteiger charge is -2.40. The van der Waals surface area contributed by atoms with Crippen molar-refractivity contribution < 1.29 is 0 Å². The normalized spacial score (nSPS) is 44.1. The summed E-state index contributed by atoms with van der Waals surface area (Å²) in [7, 11) is 0. The molecule has 0 aromatic carbocycles. The highest BCUT2D eigenvalue weighted by Crippen LogP contribution is 2.48. The first-order valence-electron chi connectivity index (χ1n) is 7.59. The molecule has 17 heavy (non-hydrogen) atoms. The van der Waals surface area contributed by atoms with E-state index >= 15 is 0 Å². The van der Waals surface area contributed by atoms with Crippen LogP contribution in [0, 0.1) is 23.2 Å². The number of piperidine rings is 1. The number of nitrogens with one attached hydrogen (secondary N) is 2. The van der Waals surface area contributed by atoms with Gasteiger partial charge in [0.2, 0.25) is 0 Å². The van der Waals surface area contributed by atoms with Crippen molar-refractivity contribution in [3.8, 4) is 0 Å². The predicted octanol–water partition coefficient (Wildman–Crippen LogP) is 2.40. The second kappa shape index (κ2) is 4.55. The zero-order valence-corrected chi connectivity index (χ0v) is 11.5. The Morgan fingerprint density at radius 1 is 1.18 bits per heavy atom. The standard InChI is InChI=1S/C15H28N2/c1-15(2)10-16-6-5-14(15)17-9-13-8-11-3-4-12(13)7-11/h11-14,16-17H,3-10H2,1-2H3. The fourth-order valence-corrected chi connectivity index (χ4v) is 4.47. The number of hydrogen-bond acceptors (Lipinski definition) is 2. The molecule has 2 saturated carbocycles. The lowest BCUT2D eigenvalue weighted by molar-refractivity contribution is 0.171. The summed E-state index contributed by atoms with van der Waals surface area (Å²) < 4.78 is 0. The van der Waals surface area contributed by atoms with Crippen molar-refractivity contribution in [2.45, 2.75) is 52.0 Å². The van der Waals surface area contributed by atoms with Gasteiger partial charge < -0.3 is 10.6 Å². The van der Waals surface area contributed by atoms with E-state index in [9.17, 15) is 0 Å². The maximum Gasteiger partial charge on any atom is 0.0142 e. The maximum absolute atomic E-state index is 3.90. The molecule has 98 valence electrons. The Kier molecular flexibility index (Phi) is 3.20. The van der Waals surface area contributed by atoms with Crippen LogP contribution in [0.2, 0.25) is 0 Å². The van der Waals surface area contributed by atoms with Crippen LogP contribution in [0.15, 0.2) is 0 Å².